The molecule has 0 unspecified atom stereocenters. The first-order valence-corrected chi connectivity index (χ1v) is 7.20. The molecular weight excluding hydrogens is 268 g/mol. The van der Waals surface area contributed by atoms with Gasteiger partial charge in [0.25, 0.3) is 0 Å². The average Bonchev–Trinajstić information content (AvgIpc) is 3.02. The highest BCUT2D eigenvalue weighted by Gasteiger charge is 2.08. The third kappa shape index (κ3) is 2.46. The number of hydrogen-bond acceptors (Lipinski definition) is 3. The molecule has 1 aromatic carbocycles. The number of imidazole rings is 1. The Morgan fingerprint density at radius 2 is 2.10 bits per heavy atom. The first kappa shape index (κ1) is 12.9. The predicted molar refractivity (Wildman–Crippen MR) is 81.9 cm³/mol. The number of benzene rings is 1. The lowest BCUT2D eigenvalue weighted by Gasteiger charge is -2.04. The number of aryl methyl sites for hydroxylation is 1. The summed E-state index contributed by atoms with van der Waals surface area (Å²) in [5.74, 6) is 6.63. The van der Waals surface area contributed by atoms with Crippen LogP contribution in [0.5, 0.6) is 0 Å². The van der Waals surface area contributed by atoms with Crippen molar-refractivity contribution in [2.45, 2.75) is 13.5 Å². The highest BCUT2D eigenvalue weighted by molar-refractivity contribution is 7.12. The lowest BCUT2D eigenvalue weighted by Crippen LogP contribution is -1.99. The molecule has 0 bridgehead atoms. The first-order chi connectivity index (χ1) is 9.78. The van der Waals surface area contributed by atoms with Gasteiger partial charge in [-0.25, -0.2) is 4.98 Å². The van der Waals surface area contributed by atoms with Crippen molar-refractivity contribution in [1.29, 1.82) is 0 Å². The summed E-state index contributed by atoms with van der Waals surface area (Å²) >= 11 is 1.65. The molecule has 0 amide bonds. The second kappa shape index (κ2) is 5.49. The minimum atomic E-state index is -0.0987. The molecule has 100 valence electrons. The van der Waals surface area contributed by atoms with Crippen molar-refractivity contribution in [3.63, 3.8) is 0 Å². The van der Waals surface area contributed by atoms with Crippen molar-refractivity contribution in [1.82, 2.24) is 9.55 Å². The Morgan fingerprint density at radius 1 is 1.25 bits per heavy atom. The molecule has 0 aliphatic heterocycles. The van der Waals surface area contributed by atoms with Crippen LogP contribution in [0.25, 0.3) is 11.0 Å². The highest BCUT2D eigenvalue weighted by Crippen LogP contribution is 2.21. The Morgan fingerprint density at radius 3 is 2.95 bits per heavy atom. The Kier molecular flexibility index (Phi) is 3.55. The molecule has 2 heterocycles. The maximum atomic E-state index is 8.72. The van der Waals surface area contributed by atoms with Crippen LogP contribution in [-0.2, 0) is 6.54 Å². The summed E-state index contributed by atoms with van der Waals surface area (Å²) in [5, 5.41) is 8.72. The highest BCUT2D eigenvalue weighted by atomic mass is 32.1. The van der Waals surface area contributed by atoms with Crippen LogP contribution in [0.1, 0.15) is 15.6 Å². The Balaban J connectivity index is 1.93. The summed E-state index contributed by atoms with van der Waals surface area (Å²) in [6.45, 7) is 2.73. The van der Waals surface area contributed by atoms with Crippen LogP contribution in [0, 0.1) is 18.8 Å². The van der Waals surface area contributed by atoms with Crippen LogP contribution in [0.3, 0.4) is 0 Å². The first-order valence-electron chi connectivity index (χ1n) is 6.38. The van der Waals surface area contributed by atoms with Gasteiger partial charge in [-0.3, -0.25) is 0 Å². The second-order valence-corrected chi connectivity index (χ2v) is 5.63. The summed E-state index contributed by atoms with van der Waals surface area (Å²) < 4.78 is 2.21. The van der Waals surface area contributed by atoms with Gasteiger partial charge >= 0.3 is 0 Å². The van der Waals surface area contributed by atoms with E-state index in [2.05, 4.69) is 33.5 Å². The van der Waals surface area contributed by atoms with E-state index in [1.165, 1.54) is 4.88 Å². The number of aromatic nitrogens is 2. The normalized spacial score (nSPS) is 10.5. The smallest absolute Gasteiger partial charge is 0.107 e. The van der Waals surface area contributed by atoms with Crippen molar-refractivity contribution in [3.05, 3.63) is 52.0 Å². The number of para-hydroxylation sites is 2. The van der Waals surface area contributed by atoms with E-state index in [1.54, 1.807) is 11.3 Å². The zero-order chi connectivity index (χ0) is 13.9. The van der Waals surface area contributed by atoms with Crippen LogP contribution >= 0.6 is 11.3 Å². The van der Waals surface area contributed by atoms with Crippen LogP contribution in [0.2, 0.25) is 0 Å². The maximum Gasteiger partial charge on any atom is 0.107 e. The molecule has 4 heteroatoms. The van der Waals surface area contributed by atoms with Crippen molar-refractivity contribution in [2.24, 2.45) is 0 Å². The monoisotopic (exact) mass is 282 g/mol. The molecule has 0 aliphatic rings. The van der Waals surface area contributed by atoms with Crippen molar-refractivity contribution in [2.75, 3.05) is 6.61 Å². The quantitative estimate of drug-likeness (QED) is 0.734. The van der Waals surface area contributed by atoms with Crippen molar-refractivity contribution >= 4 is 22.4 Å². The molecular formula is C16H14N2OS. The van der Waals surface area contributed by atoms with E-state index in [4.69, 9.17) is 5.11 Å². The van der Waals surface area contributed by atoms with Gasteiger partial charge in [-0.1, -0.05) is 24.0 Å². The number of hydrogen-bond donors (Lipinski definition) is 1. The minimum absolute atomic E-state index is 0.0987. The van der Waals surface area contributed by atoms with Crippen molar-refractivity contribution in [3.8, 4) is 11.8 Å². The zero-order valence-electron chi connectivity index (χ0n) is 11.1. The molecule has 0 spiro atoms. The summed E-state index contributed by atoms with van der Waals surface area (Å²) in [5.41, 5.74) is 2.18. The number of fused-ring (bicyclic) bond motifs is 1. The van der Waals surface area contributed by atoms with Gasteiger partial charge in [-0.2, -0.15) is 0 Å². The third-order valence-electron chi connectivity index (χ3n) is 3.11. The molecule has 3 nitrogen and oxygen atoms in total. The molecule has 0 aliphatic carbocycles. The van der Waals surface area contributed by atoms with Crippen molar-refractivity contribution < 1.29 is 5.11 Å². The van der Waals surface area contributed by atoms with E-state index < -0.39 is 0 Å². The Labute approximate surface area is 121 Å². The van der Waals surface area contributed by atoms with Crippen LogP contribution in [0.15, 0.2) is 36.4 Å². The molecule has 2 aromatic heterocycles. The summed E-state index contributed by atoms with van der Waals surface area (Å²) in [7, 11) is 0. The SMILES string of the molecule is Cc1nc2ccccc2n1Cc1ccc(C#CCO)s1. The number of thiophene rings is 1. The van der Waals surface area contributed by atoms with Gasteiger partial charge in [0.15, 0.2) is 0 Å². The zero-order valence-corrected chi connectivity index (χ0v) is 11.9. The molecule has 3 rings (SSSR count). The average molecular weight is 282 g/mol. The van der Waals surface area contributed by atoms with Crippen LogP contribution in [-0.4, -0.2) is 21.3 Å². The van der Waals surface area contributed by atoms with E-state index in [0.29, 0.717) is 0 Å². The summed E-state index contributed by atoms with van der Waals surface area (Å²) in [6.07, 6.45) is 0. The van der Waals surface area contributed by atoms with Gasteiger partial charge in [0.1, 0.15) is 12.4 Å². The molecule has 3 aromatic rings. The number of aliphatic hydroxyl groups is 1. The van der Waals surface area contributed by atoms with Gasteiger partial charge in [0, 0.05) is 4.88 Å². The number of aliphatic hydroxyl groups excluding tert-OH is 1. The fourth-order valence-corrected chi connectivity index (χ4v) is 3.08. The predicted octanol–water partition coefficient (Wildman–Crippen LogP) is 2.80. The number of nitrogens with zero attached hydrogens (tertiary/aromatic N) is 2. The lowest BCUT2D eigenvalue weighted by molar-refractivity contribution is 0.350. The van der Waals surface area contributed by atoms with Gasteiger partial charge in [0.2, 0.25) is 0 Å². The third-order valence-corrected chi connectivity index (χ3v) is 4.10. The van der Waals surface area contributed by atoms with Gasteiger partial charge < -0.3 is 9.67 Å². The lowest BCUT2D eigenvalue weighted by atomic mass is 10.3. The fraction of sp³-hybridized carbons (Fsp3) is 0.188. The molecule has 0 saturated carbocycles. The largest absolute Gasteiger partial charge is 0.384 e. The van der Waals surface area contributed by atoms with E-state index in [-0.39, 0.29) is 6.61 Å². The van der Waals surface area contributed by atoms with Gasteiger partial charge in [0.05, 0.1) is 22.5 Å². The molecule has 20 heavy (non-hydrogen) atoms. The van der Waals surface area contributed by atoms with E-state index in [1.807, 2.05) is 31.2 Å². The van der Waals surface area contributed by atoms with Gasteiger partial charge in [-0.05, 0) is 31.2 Å². The van der Waals surface area contributed by atoms with Crippen LogP contribution in [0.4, 0.5) is 0 Å². The Bertz CT molecular complexity index is 805. The molecule has 0 radical (unpaired) electrons. The maximum absolute atomic E-state index is 8.72. The van der Waals surface area contributed by atoms with Gasteiger partial charge in [-0.15, -0.1) is 11.3 Å². The number of rotatable bonds is 2. The van der Waals surface area contributed by atoms with E-state index in [9.17, 15) is 0 Å². The molecule has 1 N–H and O–H groups in total. The van der Waals surface area contributed by atoms with Crippen LogP contribution < -0.4 is 0 Å². The molecule has 0 fully saturated rings. The van der Waals surface area contributed by atoms with E-state index in [0.717, 1.165) is 28.3 Å². The fourth-order valence-electron chi connectivity index (χ4n) is 2.21. The topological polar surface area (TPSA) is 38.0 Å². The standard InChI is InChI=1S/C16H14N2OS/c1-12-17-15-6-2-3-7-16(15)18(12)11-14-9-8-13(20-14)5-4-10-19/h2-3,6-9,19H,10-11H2,1H3. The second-order valence-electron chi connectivity index (χ2n) is 4.46. The summed E-state index contributed by atoms with van der Waals surface area (Å²) in [4.78, 5) is 6.79. The van der Waals surface area contributed by atoms with E-state index >= 15 is 0 Å². The molecule has 0 atom stereocenters. The molecule has 0 saturated heterocycles. The minimum Gasteiger partial charge on any atom is -0.384 e. The summed E-state index contributed by atoms with van der Waals surface area (Å²) in [6, 6.07) is 12.2. The Hall–Kier alpha value is -2.09.